The Hall–Kier alpha value is -2.37. The van der Waals surface area contributed by atoms with Crippen LogP contribution in [0.2, 0.25) is 0 Å². The molecule has 0 amide bonds. The number of hydrogen-bond donors (Lipinski definition) is 3. The molecule has 0 atom stereocenters. The van der Waals surface area contributed by atoms with E-state index in [4.69, 9.17) is 15.9 Å². The third-order valence-corrected chi connectivity index (χ3v) is 2.13. The first-order valence-electron chi connectivity index (χ1n) is 5.07. The van der Waals surface area contributed by atoms with Gasteiger partial charge in [0, 0.05) is 29.1 Å². The SMILES string of the molecule is Cc1cc(C(=N)N)cc(Oc2cc(C)[nH]n2)n1. The van der Waals surface area contributed by atoms with Crippen molar-refractivity contribution in [3.63, 3.8) is 0 Å². The van der Waals surface area contributed by atoms with E-state index >= 15 is 0 Å². The van der Waals surface area contributed by atoms with Crippen molar-refractivity contribution in [3.05, 3.63) is 35.2 Å². The molecular formula is C11H13N5O. The zero-order chi connectivity index (χ0) is 12.4. The van der Waals surface area contributed by atoms with Crippen molar-refractivity contribution < 1.29 is 4.74 Å². The number of hydrogen-bond acceptors (Lipinski definition) is 4. The summed E-state index contributed by atoms with van der Waals surface area (Å²) >= 11 is 0. The predicted octanol–water partition coefficient (Wildman–Crippen LogP) is 1.50. The van der Waals surface area contributed by atoms with E-state index in [1.54, 1.807) is 18.2 Å². The lowest BCUT2D eigenvalue weighted by Crippen LogP contribution is -2.11. The first-order valence-corrected chi connectivity index (χ1v) is 5.07. The minimum Gasteiger partial charge on any atom is -0.419 e. The van der Waals surface area contributed by atoms with E-state index in [1.165, 1.54) is 0 Å². The summed E-state index contributed by atoms with van der Waals surface area (Å²) in [5.74, 6) is 0.801. The van der Waals surface area contributed by atoms with Gasteiger partial charge in [-0.15, -0.1) is 5.10 Å². The van der Waals surface area contributed by atoms with Crippen molar-refractivity contribution in [1.29, 1.82) is 5.41 Å². The Balaban J connectivity index is 2.29. The summed E-state index contributed by atoms with van der Waals surface area (Å²) in [5.41, 5.74) is 7.65. The Bertz CT molecular complexity index is 561. The lowest BCUT2D eigenvalue weighted by Gasteiger charge is -2.05. The average molecular weight is 231 g/mol. The number of nitrogens with one attached hydrogen (secondary N) is 2. The number of aromatic nitrogens is 3. The molecule has 0 saturated carbocycles. The van der Waals surface area contributed by atoms with Crippen molar-refractivity contribution >= 4 is 5.84 Å². The maximum absolute atomic E-state index is 7.39. The lowest BCUT2D eigenvalue weighted by atomic mass is 10.2. The molecule has 0 saturated heterocycles. The van der Waals surface area contributed by atoms with Crippen molar-refractivity contribution in [1.82, 2.24) is 15.2 Å². The van der Waals surface area contributed by atoms with Gasteiger partial charge in [0.25, 0.3) is 0 Å². The minimum absolute atomic E-state index is 0.0152. The number of nitrogens with zero attached hydrogens (tertiary/aromatic N) is 2. The number of nitrogens with two attached hydrogens (primary N) is 1. The average Bonchev–Trinajstić information content (AvgIpc) is 2.63. The number of H-pyrrole nitrogens is 1. The molecule has 6 nitrogen and oxygen atoms in total. The zero-order valence-electron chi connectivity index (χ0n) is 9.61. The summed E-state index contributed by atoms with van der Waals surface area (Å²) in [4.78, 5) is 4.19. The van der Waals surface area contributed by atoms with Gasteiger partial charge in [-0.05, 0) is 19.9 Å². The fraction of sp³-hybridized carbons (Fsp3) is 0.182. The quantitative estimate of drug-likeness (QED) is 0.550. The standard InChI is InChI=1S/C11H13N5O/c1-6-3-8(11(12)13)5-9(14-6)17-10-4-7(2)15-16-10/h3-5H,1-2H3,(H3,12,13)(H,15,16). The molecule has 0 fully saturated rings. The van der Waals surface area contributed by atoms with Crippen molar-refractivity contribution in [3.8, 4) is 11.8 Å². The van der Waals surface area contributed by atoms with Gasteiger partial charge in [-0.1, -0.05) is 0 Å². The molecule has 4 N–H and O–H groups in total. The summed E-state index contributed by atoms with van der Waals surface area (Å²) in [6, 6.07) is 5.10. The third-order valence-electron chi connectivity index (χ3n) is 2.13. The first-order chi connectivity index (χ1) is 8.04. The number of aryl methyl sites for hydroxylation is 2. The highest BCUT2D eigenvalue weighted by Gasteiger charge is 2.06. The van der Waals surface area contributed by atoms with Gasteiger partial charge in [0.1, 0.15) is 5.84 Å². The van der Waals surface area contributed by atoms with Gasteiger partial charge < -0.3 is 10.5 Å². The smallest absolute Gasteiger partial charge is 0.240 e. The highest BCUT2D eigenvalue weighted by Crippen LogP contribution is 2.19. The molecule has 88 valence electrons. The number of ether oxygens (including phenoxy) is 1. The van der Waals surface area contributed by atoms with Crippen LogP contribution in [-0.4, -0.2) is 21.0 Å². The van der Waals surface area contributed by atoms with Gasteiger partial charge in [-0.25, -0.2) is 4.98 Å². The highest BCUT2D eigenvalue weighted by molar-refractivity contribution is 5.95. The molecule has 0 aliphatic heterocycles. The Morgan fingerprint density at radius 1 is 1.29 bits per heavy atom. The second-order valence-corrected chi connectivity index (χ2v) is 3.74. The van der Waals surface area contributed by atoms with Crippen LogP contribution in [0.15, 0.2) is 18.2 Å². The first kappa shape index (κ1) is 11.1. The molecule has 2 heterocycles. The minimum atomic E-state index is -0.0152. The zero-order valence-corrected chi connectivity index (χ0v) is 9.61. The molecule has 6 heteroatoms. The van der Waals surface area contributed by atoms with E-state index in [0.29, 0.717) is 17.3 Å². The molecule has 0 spiro atoms. The van der Waals surface area contributed by atoms with Crippen molar-refractivity contribution in [2.75, 3.05) is 0 Å². The van der Waals surface area contributed by atoms with Crippen molar-refractivity contribution in [2.24, 2.45) is 5.73 Å². The Morgan fingerprint density at radius 2 is 2.06 bits per heavy atom. The van der Waals surface area contributed by atoms with Gasteiger partial charge in [0.15, 0.2) is 0 Å². The Kier molecular flexibility index (Phi) is 2.78. The molecule has 2 rings (SSSR count). The molecule has 0 aromatic carbocycles. The van der Waals surface area contributed by atoms with E-state index in [-0.39, 0.29) is 5.84 Å². The molecule has 0 bridgehead atoms. The third kappa shape index (κ3) is 2.60. The van der Waals surface area contributed by atoms with E-state index in [9.17, 15) is 0 Å². The maximum Gasteiger partial charge on any atom is 0.240 e. The Labute approximate surface area is 98.3 Å². The second kappa shape index (κ2) is 4.25. The van der Waals surface area contributed by atoms with E-state index in [1.807, 2.05) is 13.8 Å². The number of rotatable bonds is 3. The van der Waals surface area contributed by atoms with Crippen LogP contribution in [0.25, 0.3) is 0 Å². The summed E-state index contributed by atoms with van der Waals surface area (Å²) in [5, 5.41) is 14.1. The topological polar surface area (TPSA) is 101 Å². The van der Waals surface area contributed by atoms with Gasteiger partial charge in [0.2, 0.25) is 11.8 Å². The van der Waals surface area contributed by atoms with Crippen LogP contribution in [0.1, 0.15) is 17.0 Å². The van der Waals surface area contributed by atoms with Crippen LogP contribution in [-0.2, 0) is 0 Å². The highest BCUT2D eigenvalue weighted by atomic mass is 16.5. The van der Waals surface area contributed by atoms with Crippen LogP contribution < -0.4 is 10.5 Å². The van der Waals surface area contributed by atoms with Gasteiger partial charge in [-0.3, -0.25) is 10.5 Å². The van der Waals surface area contributed by atoms with Crippen LogP contribution in [0.3, 0.4) is 0 Å². The summed E-state index contributed by atoms with van der Waals surface area (Å²) in [6.45, 7) is 3.69. The van der Waals surface area contributed by atoms with E-state index < -0.39 is 0 Å². The van der Waals surface area contributed by atoms with Gasteiger partial charge in [-0.2, -0.15) is 0 Å². The normalized spacial score (nSPS) is 10.2. The largest absolute Gasteiger partial charge is 0.419 e. The van der Waals surface area contributed by atoms with Crippen molar-refractivity contribution in [2.45, 2.75) is 13.8 Å². The van der Waals surface area contributed by atoms with Crippen LogP contribution in [0, 0.1) is 19.3 Å². The van der Waals surface area contributed by atoms with Gasteiger partial charge in [0.05, 0.1) is 0 Å². The molecular weight excluding hydrogens is 218 g/mol. The molecule has 0 aliphatic carbocycles. The van der Waals surface area contributed by atoms with E-state index in [2.05, 4.69) is 15.2 Å². The van der Waals surface area contributed by atoms with Crippen LogP contribution in [0.5, 0.6) is 11.8 Å². The monoisotopic (exact) mass is 231 g/mol. The maximum atomic E-state index is 7.39. The molecule has 0 radical (unpaired) electrons. The number of amidine groups is 1. The van der Waals surface area contributed by atoms with Crippen LogP contribution in [0.4, 0.5) is 0 Å². The molecule has 2 aromatic heterocycles. The molecule has 0 unspecified atom stereocenters. The van der Waals surface area contributed by atoms with Gasteiger partial charge >= 0.3 is 0 Å². The molecule has 0 aliphatic rings. The Morgan fingerprint density at radius 3 is 2.65 bits per heavy atom. The van der Waals surface area contributed by atoms with E-state index in [0.717, 1.165) is 11.4 Å². The number of nitrogen functional groups attached to an aromatic ring is 1. The fourth-order valence-electron chi connectivity index (χ4n) is 1.40. The lowest BCUT2D eigenvalue weighted by molar-refractivity contribution is 0.442. The molecule has 17 heavy (non-hydrogen) atoms. The summed E-state index contributed by atoms with van der Waals surface area (Å²) < 4.78 is 5.47. The summed E-state index contributed by atoms with van der Waals surface area (Å²) in [6.07, 6.45) is 0. The molecule has 2 aromatic rings. The second-order valence-electron chi connectivity index (χ2n) is 3.74. The fourth-order valence-corrected chi connectivity index (χ4v) is 1.40. The number of pyridine rings is 1. The van der Waals surface area contributed by atoms with Crippen LogP contribution >= 0.6 is 0 Å². The number of aromatic amines is 1. The summed E-state index contributed by atoms with van der Waals surface area (Å²) in [7, 11) is 0. The predicted molar refractivity (Wildman–Crippen MR) is 63.4 cm³/mol.